The Morgan fingerprint density at radius 2 is 1.23 bits per heavy atom. The molecule has 0 saturated heterocycles. The molecule has 0 unspecified atom stereocenters. The van der Waals surface area contributed by atoms with Crippen LogP contribution < -0.4 is 10.6 Å². The lowest BCUT2D eigenvalue weighted by molar-refractivity contribution is 0.100. The minimum atomic E-state index is -0.318. The van der Waals surface area contributed by atoms with E-state index in [4.69, 9.17) is 33.2 Å². The maximum absolute atomic E-state index is 13.7. The summed E-state index contributed by atoms with van der Waals surface area (Å²) in [6, 6.07) is 10.9. The van der Waals surface area contributed by atoms with Gasteiger partial charge in [0.1, 0.15) is 0 Å². The van der Waals surface area contributed by atoms with E-state index in [1.54, 1.807) is 12.1 Å². The van der Waals surface area contributed by atoms with Crippen molar-refractivity contribution in [3.8, 4) is 11.1 Å². The second-order valence-electron chi connectivity index (χ2n) is 15.3. The molecule has 4 heterocycles. The molecule has 10 nitrogen and oxygen atoms in total. The summed E-state index contributed by atoms with van der Waals surface area (Å²) in [6.07, 6.45) is 12.5. The van der Waals surface area contributed by atoms with Crippen LogP contribution in [-0.4, -0.2) is 66.9 Å². The summed E-state index contributed by atoms with van der Waals surface area (Å²) in [6.45, 7) is 5.71. The lowest BCUT2D eigenvalue weighted by atomic mass is 9.87. The van der Waals surface area contributed by atoms with Crippen molar-refractivity contribution in [2.45, 2.75) is 77.3 Å². The predicted octanol–water partition coefficient (Wildman–Crippen LogP) is 7.73. The zero-order chi connectivity index (χ0) is 35.9. The lowest BCUT2D eigenvalue weighted by Gasteiger charge is -2.29. The Kier molecular flexibility index (Phi) is 10.2. The van der Waals surface area contributed by atoms with Crippen LogP contribution >= 0.6 is 23.2 Å². The summed E-state index contributed by atoms with van der Waals surface area (Å²) in [7, 11) is 3.82. The second kappa shape index (κ2) is 15.0. The molecule has 2 aliphatic carbocycles. The van der Waals surface area contributed by atoms with E-state index < -0.39 is 0 Å². The van der Waals surface area contributed by atoms with Crippen LogP contribution in [0.1, 0.15) is 95.4 Å². The molecule has 2 aromatic heterocycles. The first-order valence-corrected chi connectivity index (χ1v) is 19.7. The highest BCUT2D eigenvalue weighted by atomic mass is 35.5. The van der Waals surface area contributed by atoms with Gasteiger partial charge in [0.15, 0.2) is 11.6 Å². The number of aromatic nitrogens is 4. The van der Waals surface area contributed by atoms with Gasteiger partial charge in [-0.25, -0.2) is 9.97 Å². The molecular weight excluding hydrogens is 695 g/mol. The van der Waals surface area contributed by atoms with Gasteiger partial charge < -0.3 is 19.8 Å². The van der Waals surface area contributed by atoms with Gasteiger partial charge in [-0.15, -0.1) is 0 Å². The highest BCUT2D eigenvalue weighted by Gasteiger charge is 2.30. The van der Waals surface area contributed by atoms with Gasteiger partial charge in [-0.2, -0.15) is 0 Å². The first-order valence-electron chi connectivity index (χ1n) is 19.0. The number of nitrogens with one attached hydrogen (secondary N) is 2. The Balaban J connectivity index is 0.949. The van der Waals surface area contributed by atoms with E-state index in [0.29, 0.717) is 44.2 Å². The molecule has 0 radical (unpaired) electrons. The van der Waals surface area contributed by atoms with E-state index >= 15 is 0 Å². The number of anilines is 2. The topological polar surface area (TPSA) is 100 Å². The van der Waals surface area contributed by atoms with Crippen LogP contribution in [0.25, 0.3) is 11.1 Å². The average Bonchev–Trinajstić information content (AvgIpc) is 3.82. The molecule has 52 heavy (non-hydrogen) atoms. The Bertz CT molecular complexity index is 1990. The predicted molar refractivity (Wildman–Crippen MR) is 206 cm³/mol. The maximum Gasteiger partial charge on any atom is 0.291 e. The molecular formula is C40H48Cl2N8O2. The number of benzene rings is 2. The zero-order valence-corrected chi connectivity index (χ0v) is 31.7. The smallest absolute Gasteiger partial charge is 0.291 e. The third-order valence-corrected chi connectivity index (χ3v) is 12.5. The molecule has 2 amide bonds. The summed E-state index contributed by atoms with van der Waals surface area (Å²) in [5, 5.41) is 6.69. The molecule has 274 valence electrons. The number of amides is 2. The number of carbonyl (C=O) groups is 2. The Morgan fingerprint density at radius 3 is 1.77 bits per heavy atom. The molecule has 8 rings (SSSR count). The molecule has 2 fully saturated rings. The van der Waals surface area contributed by atoms with Crippen LogP contribution in [0, 0.1) is 11.8 Å². The Labute approximate surface area is 315 Å². The number of fused-ring (bicyclic) bond motifs is 2. The van der Waals surface area contributed by atoms with E-state index in [-0.39, 0.29) is 11.8 Å². The Hall–Kier alpha value is -3.70. The van der Waals surface area contributed by atoms with Crippen LogP contribution in [-0.2, 0) is 40.0 Å². The van der Waals surface area contributed by atoms with Crippen LogP contribution in [0.5, 0.6) is 0 Å². The zero-order valence-electron chi connectivity index (χ0n) is 30.2. The van der Waals surface area contributed by atoms with Crippen LogP contribution in [0.15, 0.2) is 36.4 Å². The molecule has 0 atom stereocenters. The Morgan fingerprint density at radius 1 is 0.712 bits per heavy atom. The van der Waals surface area contributed by atoms with Crippen molar-refractivity contribution >= 4 is 46.4 Å². The van der Waals surface area contributed by atoms with Gasteiger partial charge in [0, 0.05) is 82.2 Å². The van der Waals surface area contributed by atoms with Gasteiger partial charge in [-0.3, -0.25) is 19.4 Å². The summed E-state index contributed by atoms with van der Waals surface area (Å²) < 4.78 is 3.83. The molecule has 12 heteroatoms. The molecule has 4 aromatic rings. The van der Waals surface area contributed by atoms with Crippen molar-refractivity contribution in [1.82, 2.24) is 28.9 Å². The number of hydrogen-bond donors (Lipinski definition) is 2. The number of halogens is 2. The highest BCUT2D eigenvalue weighted by Crippen LogP contribution is 2.40. The van der Waals surface area contributed by atoms with Crippen LogP contribution in [0.2, 0.25) is 10.0 Å². The van der Waals surface area contributed by atoms with Crippen molar-refractivity contribution in [2.75, 3.05) is 36.8 Å². The number of imidazole rings is 2. The van der Waals surface area contributed by atoms with Gasteiger partial charge in [-0.05, 0) is 49.8 Å². The molecule has 4 aliphatic rings. The summed E-state index contributed by atoms with van der Waals surface area (Å²) in [5.41, 5.74) is 6.37. The van der Waals surface area contributed by atoms with Gasteiger partial charge in [0.2, 0.25) is 0 Å². The lowest BCUT2D eigenvalue weighted by Crippen LogP contribution is -2.33. The SMILES string of the molecule is Cn1c(C(=O)Nc2cccc(-c3cccc(NC(=O)c4nc5c(n4C)CCN(CC4CC4)C5)c3Cl)c2Cl)nc2c1CCN(CCC1CCCCC1)C2. The van der Waals surface area contributed by atoms with Crippen LogP contribution in [0.3, 0.4) is 0 Å². The van der Waals surface area contributed by atoms with E-state index in [9.17, 15) is 9.59 Å². The minimum Gasteiger partial charge on any atom is -0.327 e. The quantitative estimate of drug-likeness (QED) is 0.173. The fourth-order valence-electron chi connectivity index (χ4n) is 8.45. The van der Waals surface area contributed by atoms with Gasteiger partial charge >= 0.3 is 0 Å². The van der Waals surface area contributed by atoms with E-state index in [1.165, 1.54) is 51.4 Å². The number of carbonyl (C=O) groups excluding carboxylic acids is 2. The normalized spacial score (nSPS) is 18.2. The second-order valence-corrected chi connectivity index (χ2v) is 16.0. The van der Waals surface area contributed by atoms with Gasteiger partial charge in [0.25, 0.3) is 11.8 Å². The number of nitrogens with zero attached hydrogens (tertiary/aromatic N) is 6. The maximum atomic E-state index is 13.7. The summed E-state index contributed by atoms with van der Waals surface area (Å²) >= 11 is 13.9. The van der Waals surface area contributed by atoms with Crippen molar-refractivity contribution in [3.63, 3.8) is 0 Å². The van der Waals surface area contributed by atoms with Crippen molar-refractivity contribution in [1.29, 1.82) is 0 Å². The molecule has 2 N–H and O–H groups in total. The number of hydrogen-bond acceptors (Lipinski definition) is 6. The standard InChI is InChI=1S/C40H48Cl2N8O2/c1-47-33-17-20-49(19-16-25-8-4-3-5-9-25)23-31(33)43-37(47)39(51)45-29-12-6-10-27(35(29)41)28-11-7-13-30(36(28)42)46-40(52)38-44-32-24-50(22-26-14-15-26)21-18-34(32)48(38)2/h6-7,10-13,25-26H,3-5,8-9,14-24H2,1-2H3,(H,45,51)(H,46,52). The molecule has 0 bridgehead atoms. The van der Waals surface area contributed by atoms with Gasteiger partial charge in [0.05, 0.1) is 32.8 Å². The summed E-state index contributed by atoms with van der Waals surface area (Å²) in [4.78, 5) is 41.7. The highest BCUT2D eigenvalue weighted by molar-refractivity contribution is 6.40. The van der Waals surface area contributed by atoms with Crippen molar-refractivity contribution in [3.05, 3.63) is 80.9 Å². The average molecular weight is 744 g/mol. The van der Waals surface area contributed by atoms with Gasteiger partial charge in [-0.1, -0.05) is 79.6 Å². The van der Waals surface area contributed by atoms with Crippen LogP contribution in [0.4, 0.5) is 11.4 Å². The first-order chi connectivity index (χ1) is 25.2. The van der Waals surface area contributed by atoms with E-state index in [0.717, 1.165) is 86.7 Å². The van der Waals surface area contributed by atoms with E-state index in [2.05, 4.69) is 20.4 Å². The third-order valence-electron chi connectivity index (χ3n) is 11.7. The van der Waals surface area contributed by atoms with E-state index in [1.807, 2.05) is 47.5 Å². The summed E-state index contributed by atoms with van der Waals surface area (Å²) in [5.74, 6) is 1.76. The largest absolute Gasteiger partial charge is 0.327 e. The molecule has 2 saturated carbocycles. The van der Waals surface area contributed by atoms with Crippen molar-refractivity contribution in [2.24, 2.45) is 25.9 Å². The molecule has 2 aliphatic heterocycles. The fourth-order valence-corrected chi connectivity index (χ4v) is 9.00. The monoisotopic (exact) mass is 742 g/mol. The van der Waals surface area contributed by atoms with Crippen molar-refractivity contribution < 1.29 is 9.59 Å². The first kappa shape index (κ1) is 35.3. The molecule has 0 spiro atoms. The fraction of sp³-hybridized carbons (Fsp3) is 0.500. The molecule has 2 aromatic carbocycles. The third kappa shape index (κ3) is 7.27. The number of rotatable bonds is 10. The minimum absolute atomic E-state index is 0.315.